The molecule has 0 radical (unpaired) electrons. The number of rotatable bonds is 4. The van der Waals surface area contributed by atoms with Gasteiger partial charge >= 0.3 is 0 Å². The first-order chi connectivity index (χ1) is 10.4. The van der Waals surface area contributed by atoms with Crippen LogP contribution >= 0.6 is 0 Å². The number of fused-ring (bicyclic) bond motifs is 2. The van der Waals surface area contributed by atoms with Gasteiger partial charge in [0.1, 0.15) is 0 Å². The number of hydrogen-bond acceptors (Lipinski definition) is 0. The zero-order valence-electron chi connectivity index (χ0n) is 13.0. The van der Waals surface area contributed by atoms with Crippen molar-refractivity contribution in [2.45, 2.75) is 44.9 Å². The summed E-state index contributed by atoms with van der Waals surface area (Å²) < 4.78 is 0. The zero-order chi connectivity index (χ0) is 14.1. The van der Waals surface area contributed by atoms with E-state index in [1.54, 1.807) is 0 Å². The molecule has 6 atom stereocenters. The zero-order valence-corrected chi connectivity index (χ0v) is 13.0. The summed E-state index contributed by atoms with van der Waals surface area (Å²) in [5.74, 6) is 5.39. The second-order valence-electron chi connectivity index (χ2n) is 7.63. The van der Waals surface area contributed by atoms with Crippen LogP contribution in [0.15, 0.2) is 48.6 Å². The summed E-state index contributed by atoms with van der Waals surface area (Å²) in [6.07, 6.45) is 29.1. The molecule has 0 N–H and O–H groups in total. The Kier molecular flexibility index (Phi) is 3.88. The minimum atomic E-state index is 0.863. The molecule has 4 rings (SSSR count). The normalized spacial score (nSPS) is 43.2. The van der Waals surface area contributed by atoms with Crippen LogP contribution < -0.4 is 0 Å². The lowest BCUT2D eigenvalue weighted by atomic mass is 9.81. The Balaban J connectivity index is 1.27. The molecule has 0 amide bonds. The van der Waals surface area contributed by atoms with E-state index in [4.69, 9.17) is 0 Å². The molecular weight excluding hydrogens is 252 g/mol. The maximum atomic E-state index is 2.49. The molecule has 0 heteroatoms. The second kappa shape index (κ2) is 5.99. The minimum Gasteiger partial charge on any atom is -0.0808 e. The molecule has 112 valence electrons. The Morgan fingerprint density at radius 1 is 0.571 bits per heavy atom. The average molecular weight is 280 g/mol. The van der Waals surface area contributed by atoms with Gasteiger partial charge in [-0.15, -0.1) is 0 Å². The topological polar surface area (TPSA) is 0 Å². The van der Waals surface area contributed by atoms with Crippen molar-refractivity contribution in [1.29, 1.82) is 0 Å². The smallest absolute Gasteiger partial charge is 0.0139 e. The van der Waals surface area contributed by atoms with Crippen molar-refractivity contribution in [3.63, 3.8) is 0 Å². The Labute approximate surface area is 129 Å². The molecule has 0 nitrogen and oxygen atoms in total. The third-order valence-electron chi connectivity index (χ3n) is 6.57. The lowest BCUT2D eigenvalue weighted by Crippen LogP contribution is -2.15. The van der Waals surface area contributed by atoms with E-state index < -0.39 is 0 Å². The lowest BCUT2D eigenvalue weighted by molar-refractivity contribution is 0.334. The predicted octanol–water partition coefficient (Wildman–Crippen LogP) is 5.69. The van der Waals surface area contributed by atoms with Crippen molar-refractivity contribution in [3.8, 4) is 0 Å². The molecule has 4 aliphatic rings. The van der Waals surface area contributed by atoms with Gasteiger partial charge in [0.15, 0.2) is 0 Å². The minimum absolute atomic E-state index is 0.863. The number of allylic oxidation sites excluding steroid dienone is 8. The quantitative estimate of drug-likeness (QED) is 0.620. The van der Waals surface area contributed by atoms with Gasteiger partial charge < -0.3 is 0 Å². The van der Waals surface area contributed by atoms with E-state index in [0.717, 1.165) is 35.5 Å². The largest absolute Gasteiger partial charge is 0.0808 e. The first-order valence-corrected chi connectivity index (χ1v) is 9.12. The Bertz CT molecular complexity index is 434. The molecule has 0 aromatic rings. The van der Waals surface area contributed by atoms with Crippen LogP contribution in [0, 0.1) is 35.5 Å². The summed E-state index contributed by atoms with van der Waals surface area (Å²) in [5.41, 5.74) is 0. The van der Waals surface area contributed by atoms with E-state index in [-0.39, 0.29) is 0 Å². The van der Waals surface area contributed by atoms with Crippen molar-refractivity contribution in [2.75, 3.05) is 0 Å². The van der Waals surface area contributed by atoms with Crippen molar-refractivity contribution in [2.24, 2.45) is 35.5 Å². The molecule has 4 aliphatic carbocycles. The monoisotopic (exact) mass is 280 g/mol. The molecule has 2 fully saturated rings. The SMILES string of the molecule is C1=CC2CCC(CCCC3CCC4C=CC=CC43)C2C=C1. The van der Waals surface area contributed by atoms with Gasteiger partial charge in [-0.05, 0) is 74.0 Å². The summed E-state index contributed by atoms with van der Waals surface area (Å²) >= 11 is 0. The summed E-state index contributed by atoms with van der Waals surface area (Å²) in [6.45, 7) is 0. The predicted molar refractivity (Wildman–Crippen MR) is 89.8 cm³/mol. The van der Waals surface area contributed by atoms with Gasteiger partial charge in [0.25, 0.3) is 0 Å². The van der Waals surface area contributed by atoms with Crippen LogP contribution in [-0.2, 0) is 0 Å². The fourth-order valence-electron chi connectivity index (χ4n) is 5.45. The van der Waals surface area contributed by atoms with E-state index in [9.17, 15) is 0 Å². The molecule has 0 aromatic heterocycles. The molecule has 0 aliphatic heterocycles. The van der Waals surface area contributed by atoms with Crippen molar-refractivity contribution in [1.82, 2.24) is 0 Å². The van der Waals surface area contributed by atoms with Crippen LogP contribution in [-0.4, -0.2) is 0 Å². The van der Waals surface area contributed by atoms with Crippen LogP contribution in [0.1, 0.15) is 44.9 Å². The van der Waals surface area contributed by atoms with E-state index in [0.29, 0.717) is 0 Å². The van der Waals surface area contributed by atoms with Gasteiger partial charge in [-0.3, -0.25) is 0 Å². The fraction of sp³-hybridized carbons (Fsp3) is 0.619. The maximum Gasteiger partial charge on any atom is -0.0139 e. The second-order valence-corrected chi connectivity index (χ2v) is 7.63. The molecule has 0 heterocycles. The lowest BCUT2D eigenvalue weighted by Gasteiger charge is -2.24. The fourth-order valence-corrected chi connectivity index (χ4v) is 5.45. The maximum absolute atomic E-state index is 2.49. The Hall–Kier alpha value is -1.04. The Morgan fingerprint density at radius 2 is 1.05 bits per heavy atom. The highest BCUT2D eigenvalue weighted by molar-refractivity contribution is 5.18. The van der Waals surface area contributed by atoms with Gasteiger partial charge in [-0.25, -0.2) is 0 Å². The third-order valence-corrected chi connectivity index (χ3v) is 6.57. The summed E-state index contributed by atoms with van der Waals surface area (Å²) in [4.78, 5) is 0. The molecule has 2 saturated carbocycles. The first-order valence-electron chi connectivity index (χ1n) is 9.12. The van der Waals surface area contributed by atoms with E-state index >= 15 is 0 Å². The van der Waals surface area contributed by atoms with Crippen molar-refractivity contribution >= 4 is 0 Å². The molecule has 6 unspecified atom stereocenters. The van der Waals surface area contributed by atoms with Crippen LogP contribution in [0.3, 0.4) is 0 Å². The van der Waals surface area contributed by atoms with Crippen LogP contribution in [0.2, 0.25) is 0 Å². The van der Waals surface area contributed by atoms with E-state index in [1.165, 1.54) is 44.9 Å². The molecule has 21 heavy (non-hydrogen) atoms. The van der Waals surface area contributed by atoms with Crippen LogP contribution in [0.25, 0.3) is 0 Å². The van der Waals surface area contributed by atoms with Crippen LogP contribution in [0.4, 0.5) is 0 Å². The van der Waals surface area contributed by atoms with E-state index in [1.807, 2.05) is 0 Å². The summed E-state index contributed by atoms with van der Waals surface area (Å²) in [6, 6.07) is 0. The number of hydrogen-bond donors (Lipinski definition) is 0. The van der Waals surface area contributed by atoms with Gasteiger partial charge in [0.2, 0.25) is 0 Å². The standard InChI is InChI=1S/C21H28/c1-3-10-20-16(6-1)12-14-18(20)8-5-9-19-15-13-17-7-2-4-11-21(17)19/h1-4,6-7,10-11,16-21H,5,8-9,12-15H2. The van der Waals surface area contributed by atoms with E-state index in [2.05, 4.69) is 48.6 Å². The Morgan fingerprint density at radius 3 is 1.57 bits per heavy atom. The molecule has 0 saturated heterocycles. The molecule has 0 bridgehead atoms. The van der Waals surface area contributed by atoms with Gasteiger partial charge in [0, 0.05) is 0 Å². The van der Waals surface area contributed by atoms with Gasteiger partial charge in [-0.1, -0.05) is 55.0 Å². The first kappa shape index (κ1) is 13.6. The van der Waals surface area contributed by atoms with Crippen molar-refractivity contribution < 1.29 is 0 Å². The van der Waals surface area contributed by atoms with Gasteiger partial charge in [-0.2, -0.15) is 0 Å². The summed E-state index contributed by atoms with van der Waals surface area (Å²) in [5, 5.41) is 0. The third kappa shape index (κ3) is 2.70. The van der Waals surface area contributed by atoms with Crippen molar-refractivity contribution in [3.05, 3.63) is 48.6 Å². The summed E-state index contributed by atoms with van der Waals surface area (Å²) in [7, 11) is 0. The van der Waals surface area contributed by atoms with Crippen LogP contribution in [0.5, 0.6) is 0 Å². The highest BCUT2D eigenvalue weighted by atomic mass is 14.4. The average Bonchev–Trinajstić information content (AvgIpc) is 3.13. The molecule has 0 aromatic carbocycles. The highest BCUT2D eigenvalue weighted by Gasteiger charge is 2.35. The van der Waals surface area contributed by atoms with Gasteiger partial charge in [0.05, 0.1) is 0 Å². The molecular formula is C21H28. The highest BCUT2D eigenvalue weighted by Crippen LogP contribution is 2.45. The molecule has 0 spiro atoms.